The quantitative estimate of drug-likeness (QED) is 0.849. The average molecular weight is 320 g/mol. The lowest BCUT2D eigenvalue weighted by Gasteiger charge is -2.19. The lowest BCUT2D eigenvalue weighted by Crippen LogP contribution is -2.31. The highest BCUT2D eigenvalue weighted by atomic mass is 35.5. The molecule has 3 N–H and O–H groups in total. The molecule has 0 bridgehead atoms. The first-order valence-corrected chi connectivity index (χ1v) is 6.97. The molecule has 0 atom stereocenters. The number of nitrogens with two attached hydrogens (primary N) is 1. The number of nitrogens with one attached hydrogen (secondary N) is 1. The van der Waals surface area contributed by atoms with Gasteiger partial charge in [0.25, 0.3) is 0 Å². The molecule has 21 heavy (non-hydrogen) atoms. The minimum Gasteiger partial charge on any atom is -0.389 e. The molecule has 6 heteroatoms. The zero-order valence-electron chi connectivity index (χ0n) is 11.3. The average Bonchev–Trinajstić information content (AvgIpc) is 2.49. The molecule has 0 aliphatic carbocycles. The van der Waals surface area contributed by atoms with Gasteiger partial charge in [-0.15, -0.1) is 0 Å². The summed E-state index contributed by atoms with van der Waals surface area (Å²) in [5.41, 5.74) is 7.55. The molecule has 2 amide bonds. The van der Waals surface area contributed by atoms with Crippen LogP contribution in [-0.4, -0.2) is 18.1 Å². The zero-order chi connectivity index (χ0) is 15.4. The third kappa shape index (κ3) is 3.71. The van der Waals surface area contributed by atoms with E-state index in [1.807, 2.05) is 0 Å². The number of urea groups is 1. The van der Waals surface area contributed by atoms with E-state index in [0.29, 0.717) is 22.0 Å². The fourth-order valence-electron chi connectivity index (χ4n) is 1.75. The second-order valence-electron chi connectivity index (χ2n) is 4.38. The van der Waals surface area contributed by atoms with Gasteiger partial charge in [-0.3, -0.25) is 4.90 Å². The molecule has 2 aromatic carbocycles. The highest BCUT2D eigenvalue weighted by Crippen LogP contribution is 2.22. The molecule has 0 fully saturated rings. The van der Waals surface area contributed by atoms with Crippen LogP contribution in [0, 0.1) is 0 Å². The smallest absolute Gasteiger partial charge is 0.326 e. The van der Waals surface area contributed by atoms with Crippen molar-refractivity contribution < 1.29 is 4.79 Å². The third-order valence-electron chi connectivity index (χ3n) is 2.94. The lowest BCUT2D eigenvalue weighted by molar-refractivity contribution is 0.258. The lowest BCUT2D eigenvalue weighted by atomic mass is 10.2. The van der Waals surface area contributed by atoms with Gasteiger partial charge in [-0.2, -0.15) is 0 Å². The van der Waals surface area contributed by atoms with E-state index in [2.05, 4.69) is 5.32 Å². The molecule has 0 radical (unpaired) electrons. The highest BCUT2D eigenvalue weighted by molar-refractivity contribution is 7.80. The van der Waals surface area contributed by atoms with Gasteiger partial charge in [0.05, 0.1) is 10.7 Å². The number of halogens is 1. The maximum absolute atomic E-state index is 12.2. The van der Waals surface area contributed by atoms with E-state index in [4.69, 9.17) is 29.6 Å². The maximum atomic E-state index is 12.2. The number of nitrogens with zero attached hydrogens (tertiary/aromatic N) is 1. The number of hydrogen-bond donors (Lipinski definition) is 2. The summed E-state index contributed by atoms with van der Waals surface area (Å²) in [6, 6.07) is 13.9. The van der Waals surface area contributed by atoms with Gasteiger partial charge in [0, 0.05) is 18.3 Å². The number of thiocarbonyl (C=S) groups is 1. The molecule has 108 valence electrons. The van der Waals surface area contributed by atoms with Crippen LogP contribution in [0.5, 0.6) is 0 Å². The Morgan fingerprint density at radius 1 is 1.24 bits per heavy atom. The van der Waals surface area contributed by atoms with Crippen molar-refractivity contribution in [2.45, 2.75) is 0 Å². The summed E-state index contributed by atoms with van der Waals surface area (Å²) in [5.74, 6) is 0. The number of para-hydroxylation sites is 1. The molecule has 0 unspecified atom stereocenters. The van der Waals surface area contributed by atoms with E-state index in [1.165, 1.54) is 4.90 Å². The van der Waals surface area contributed by atoms with Gasteiger partial charge in [-0.05, 0) is 24.3 Å². The Hall–Kier alpha value is -2.11. The number of carbonyl (C=O) groups excluding carboxylic acids is 1. The third-order valence-corrected chi connectivity index (χ3v) is 3.50. The van der Waals surface area contributed by atoms with E-state index in [1.54, 1.807) is 55.6 Å². The van der Waals surface area contributed by atoms with Gasteiger partial charge in [0.2, 0.25) is 0 Å². The Morgan fingerprint density at radius 2 is 1.95 bits per heavy atom. The van der Waals surface area contributed by atoms with Crippen molar-refractivity contribution in [1.82, 2.24) is 0 Å². The first-order chi connectivity index (χ1) is 9.99. The van der Waals surface area contributed by atoms with Crippen LogP contribution >= 0.6 is 23.8 Å². The molecule has 0 aliphatic rings. The van der Waals surface area contributed by atoms with Crippen LogP contribution in [0.2, 0.25) is 5.02 Å². The molecule has 0 spiro atoms. The number of rotatable bonds is 3. The van der Waals surface area contributed by atoms with Gasteiger partial charge in [-0.1, -0.05) is 48.1 Å². The zero-order valence-corrected chi connectivity index (χ0v) is 12.9. The predicted octanol–water partition coefficient (Wildman–Crippen LogP) is 3.64. The molecule has 0 aromatic heterocycles. The minimum atomic E-state index is -0.303. The van der Waals surface area contributed by atoms with Crippen molar-refractivity contribution in [3.05, 3.63) is 59.1 Å². The van der Waals surface area contributed by atoms with Crippen molar-refractivity contribution in [2.24, 2.45) is 5.73 Å². The summed E-state index contributed by atoms with van der Waals surface area (Å²) in [4.78, 5) is 14.0. The molecular weight excluding hydrogens is 306 g/mol. The first-order valence-electron chi connectivity index (χ1n) is 6.18. The summed E-state index contributed by atoms with van der Waals surface area (Å²) in [5, 5.41) is 3.23. The minimum absolute atomic E-state index is 0.289. The van der Waals surface area contributed by atoms with Crippen LogP contribution in [0.1, 0.15) is 5.56 Å². The summed E-state index contributed by atoms with van der Waals surface area (Å²) in [6.45, 7) is 0. The van der Waals surface area contributed by atoms with Crippen molar-refractivity contribution in [3.63, 3.8) is 0 Å². The Balaban J connectivity index is 2.18. The summed E-state index contributed by atoms with van der Waals surface area (Å²) in [6.07, 6.45) is 0. The number of amides is 2. The Labute approximate surface area is 133 Å². The fourth-order valence-corrected chi connectivity index (χ4v) is 2.06. The van der Waals surface area contributed by atoms with E-state index in [-0.39, 0.29) is 11.0 Å². The van der Waals surface area contributed by atoms with E-state index >= 15 is 0 Å². The Bertz CT molecular complexity index is 690. The van der Waals surface area contributed by atoms with Crippen LogP contribution in [-0.2, 0) is 0 Å². The van der Waals surface area contributed by atoms with Crippen molar-refractivity contribution in [1.29, 1.82) is 0 Å². The predicted molar refractivity (Wildman–Crippen MR) is 91.2 cm³/mol. The van der Waals surface area contributed by atoms with E-state index < -0.39 is 0 Å². The first kappa shape index (κ1) is 15.3. The van der Waals surface area contributed by atoms with Crippen LogP contribution in [0.15, 0.2) is 48.5 Å². The van der Waals surface area contributed by atoms with Crippen LogP contribution in [0.25, 0.3) is 0 Å². The molecule has 2 aromatic rings. The molecule has 0 aliphatic heterocycles. The second-order valence-corrected chi connectivity index (χ2v) is 5.23. The van der Waals surface area contributed by atoms with E-state index in [9.17, 15) is 4.79 Å². The molecule has 0 saturated heterocycles. The SMILES string of the molecule is CN(C(=O)Nc1ccccc1Cl)c1cccc(C(N)=S)c1. The monoisotopic (exact) mass is 319 g/mol. The number of carbonyl (C=O) groups is 1. The number of anilines is 2. The van der Waals surface area contributed by atoms with Gasteiger partial charge in [-0.25, -0.2) is 4.79 Å². The van der Waals surface area contributed by atoms with Crippen molar-refractivity contribution >= 4 is 46.2 Å². The Morgan fingerprint density at radius 3 is 2.62 bits per heavy atom. The molecule has 0 heterocycles. The molecule has 4 nitrogen and oxygen atoms in total. The normalized spacial score (nSPS) is 10.0. The van der Waals surface area contributed by atoms with Gasteiger partial charge in [0.1, 0.15) is 4.99 Å². The standard InChI is InChI=1S/C15H14ClN3OS/c1-19(11-6-4-5-10(9-11)14(17)21)15(20)18-13-8-3-2-7-12(13)16/h2-9H,1H3,(H2,17,21)(H,18,20). The maximum Gasteiger partial charge on any atom is 0.326 e. The second kappa shape index (κ2) is 6.56. The summed E-state index contributed by atoms with van der Waals surface area (Å²) in [7, 11) is 1.66. The Kier molecular flexibility index (Phi) is 4.77. The van der Waals surface area contributed by atoms with Crippen molar-refractivity contribution in [3.8, 4) is 0 Å². The molecular formula is C15H14ClN3OS. The highest BCUT2D eigenvalue weighted by Gasteiger charge is 2.13. The largest absolute Gasteiger partial charge is 0.389 e. The fraction of sp³-hybridized carbons (Fsp3) is 0.0667. The van der Waals surface area contributed by atoms with Gasteiger partial charge >= 0.3 is 6.03 Å². The van der Waals surface area contributed by atoms with Crippen LogP contribution in [0.4, 0.5) is 16.2 Å². The molecule has 0 saturated carbocycles. The van der Waals surface area contributed by atoms with Gasteiger partial charge < -0.3 is 11.1 Å². The summed E-state index contributed by atoms with van der Waals surface area (Å²) >= 11 is 11.0. The van der Waals surface area contributed by atoms with Crippen LogP contribution in [0.3, 0.4) is 0 Å². The number of hydrogen-bond acceptors (Lipinski definition) is 2. The summed E-state index contributed by atoms with van der Waals surface area (Å²) < 4.78 is 0. The van der Waals surface area contributed by atoms with E-state index in [0.717, 1.165) is 0 Å². The molecule has 2 rings (SSSR count). The van der Waals surface area contributed by atoms with Crippen molar-refractivity contribution in [2.75, 3.05) is 17.3 Å². The topological polar surface area (TPSA) is 58.4 Å². The van der Waals surface area contributed by atoms with Crippen LogP contribution < -0.4 is 16.0 Å². The van der Waals surface area contributed by atoms with Gasteiger partial charge in [0.15, 0.2) is 0 Å². The number of benzene rings is 2.